The maximum atomic E-state index is 13.4. The number of methoxy groups -OCH3 is 1. The zero-order chi connectivity index (χ0) is 19.7. The summed E-state index contributed by atoms with van der Waals surface area (Å²) >= 11 is 0. The molecule has 0 aliphatic carbocycles. The number of para-hydroxylation sites is 2. The Morgan fingerprint density at radius 1 is 1.00 bits per heavy atom. The summed E-state index contributed by atoms with van der Waals surface area (Å²) < 4.78 is 31.9. The van der Waals surface area contributed by atoms with Crippen LogP contribution in [0.3, 0.4) is 0 Å². The van der Waals surface area contributed by atoms with Crippen LogP contribution in [0, 0.1) is 0 Å². The van der Waals surface area contributed by atoms with Gasteiger partial charge in [0, 0.05) is 13.1 Å². The van der Waals surface area contributed by atoms with Crippen LogP contribution in [0.25, 0.3) is 11.0 Å². The molecule has 146 valence electrons. The molecule has 0 radical (unpaired) electrons. The number of hydrogen-bond acceptors (Lipinski definition) is 7. The van der Waals surface area contributed by atoms with E-state index in [0.717, 1.165) is 0 Å². The Bertz CT molecular complexity index is 1090. The standard InChI is InChI=1S/C20H21N3O4S/c1-27-15-6-8-16(9-7-15)28(25,26)20-19(23-12-10-14(24)11-13-23)21-17-4-2-3-5-18(17)22-20/h2-9,14,24H,10-13H2,1H3. The molecule has 0 unspecified atom stereocenters. The van der Waals surface area contributed by atoms with Crippen molar-refractivity contribution >= 4 is 26.7 Å². The third-order valence-corrected chi connectivity index (χ3v) is 6.59. The second-order valence-corrected chi connectivity index (χ2v) is 8.60. The fourth-order valence-corrected chi connectivity index (χ4v) is 4.66. The smallest absolute Gasteiger partial charge is 0.227 e. The number of piperidine rings is 1. The number of anilines is 1. The fourth-order valence-electron chi connectivity index (χ4n) is 3.30. The molecule has 1 fully saturated rings. The lowest BCUT2D eigenvalue weighted by molar-refractivity contribution is 0.145. The van der Waals surface area contributed by atoms with Crippen molar-refractivity contribution in [1.82, 2.24) is 9.97 Å². The van der Waals surface area contributed by atoms with Crippen LogP contribution in [-0.2, 0) is 9.84 Å². The summed E-state index contributed by atoms with van der Waals surface area (Å²) in [6, 6.07) is 13.4. The van der Waals surface area contributed by atoms with E-state index >= 15 is 0 Å². The Morgan fingerprint density at radius 2 is 1.61 bits per heavy atom. The van der Waals surface area contributed by atoms with E-state index in [0.29, 0.717) is 48.5 Å². The van der Waals surface area contributed by atoms with E-state index in [9.17, 15) is 13.5 Å². The number of benzene rings is 2. The molecule has 4 rings (SSSR count). The first-order valence-electron chi connectivity index (χ1n) is 9.08. The van der Waals surface area contributed by atoms with Gasteiger partial charge in [0.2, 0.25) is 14.9 Å². The fraction of sp³-hybridized carbons (Fsp3) is 0.300. The minimum atomic E-state index is -3.88. The van der Waals surface area contributed by atoms with Gasteiger partial charge >= 0.3 is 0 Å². The number of aliphatic hydroxyl groups is 1. The van der Waals surface area contributed by atoms with Crippen LogP contribution < -0.4 is 9.64 Å². The number of hydrogen-bond donors (Lipinski definition) is 1. The summed E-state index contributed by atoms with van der Waals surface area (Å²) in [6.07, 6.45) is 0.763. The molecule has 0 spiro atoms. The zero-order valence-electron chi connectivity index (χ0n) is 15.4. The third-order valence-electron chi connectivity index (χ3n) is 4.91. The molecule has 2 heterocycles. The maximum absolute atomic E-state index is 13.4. The topological polar surface area (TPSA) is 92.6 Å². The minimum Gasteiger partial charge on any atom is -0.497 e. The number of fused-ring (bicyclic) bond motifs is 1. The molecule has 1 N–H and O–H groups in total. The highest BCUT2D eigenvalue weighted by molar-refractivity contribution is 7.91. The summed E-state index contributed by atoms with van der Waals surface area (Å²) in [6.45, 7) is 1.05. The summed E-state index contributed by atoms with van der Waals surface area (Å²) in [5.41, 5.74) is 1.16. The van der Waals surface area contributed by atoms with Gasteiger partial charge in [-0.25, -0.2) is 18.4 Å². The van der Waals surface area contributed by atoms with E-state index < -0.39 is 9.84 Å². The van der Waals surface area contributed by atoms with E-state index in [1.807, 2.05) is 17.0 Å². The Kier molecular flexibility index (Phi) is 4.91. The van der Waals surface area contributed by atoms with Crippen LogP contribution in [-0.4, -0.2) is 49.8 Å². The number of aliphatic hydroxyl groups excluding tert-OH is 1. The van der Waals surface area contributed by atoms with Gasteiger partial charge in [0.1, 0.15) is 5.75 Å². The number of aromatic nitrogens is 2. The van der Waals surface area contributed by atoms with Gasteiger partial charge in [0.25, 0.3) is 0 Å². The highest BCUT2D eigenvalue weighted by Crippen LogP contribution is 2.31. The van der Waals surface area contributed by atoms with Gasteiger partial charge in [-0.05, 0) is 49.2 Å². The molecule has 1 aromatic heterocycles. The van der Waals surface area contributed by atoms with E-state index in [-0.39, 0.29) is 16.0 Å². The largest absolute Gasteiger partial charge is 0.497 e. The second-order valence-electron chi connectivity index (χ2n) is 6.74. The highest BCUT2D eigenvalue weighted by atomic mass is 32.2. The predicted molar refractivity (Wildman–Crippen MR) is 105 cm³/mol. The van der Waals surface area contributed by atoms with Crippen molar-refractivity contribution in [2.24, 2.45) is 0 Å². The zero-order valence-corrected chi connectivity index (χ0v) is 16.3. The Balaban J connectivity index is 1.86. The molecular weight excluding hydrogens is 378 g/mol. The number of rotatable bonds is 4. The first kappa shape index (κ1) is 18.6. The summed E-state index contributed by atoms with van der Waals surface area (Å²) in [7, 11) is -2.35. The number of nitrogens with zero attached hydrogens (tertiary/aromatic N) is 3. The van der Waals surface area contributed by atoms with Crippen molar-refractivity contribution in [3.05, 3.63) is 48.5 Å². The number of sulfone groups is 1. The summed E-state index contributed by atoms with van der Waals surface area (Å²) in [5.74, 6) is 0.912. The minimum absolute atomic E-state index is 0.0623. The highest BCUT2D eigenvalue weighted by Gasteiger charge is 2.30. The molecule has 0 atom stereocenters. The van der Waals surface area contributed by atoms with Gasteiger partial charge in [0.15, 0.2) is 5.82 Å². The van der Waals surface area contributed by atoms with Crippen molar-refractivity contribution in [3.8, 4) is 5.75 Å². The first-order chi connectivity index (χ1) is 13.5. The van der Waals surface area contributed by atoms with Crippen molar-refractivity contribution < 1.29 is 18.3 Å². The molecule has 2 aromatic carbocycles. The van der Waals surface area contributed by atoms with Crippen molar-refractivity contribution in [2.75, 3.05) is 25.1 Å². The normalized spacial score (nSPS) is 15.7. The average Bonchev–Trinajstić information content (AvgIpc) is 2.73. The lowest BCUT2D eigenvalue weighted by Gasteiger charge is -2.31. The van der Waals surface area contributed by atoms with Crippen LogP contribution in [0.15, 0.2) is 58.5 Å². The molecule has 0 bridgehead atoms. The van der Waals surface area contributed by atoms with E-state index in [2.05, 4.69) is 9.97 Å². The molecule has 0 saturated carbocycles. The molecule has 0 amide bonds. The van der Waals surface area contributed by atoms with Gasteiger partial charge in [-0.2, -0.15) is 0 Å². The van der Waals surface area contributed by atoms with E-state index in [4.69, 9.17) is 4.74 Å². The van der Waals surface area contributed by atoms with Gasteiger partial charge in [0.05, 0.1) is 29.1 Å². The van der Waals surface area contributed by atoms with Gasteiger partial charge in [-0.15, -0.1) is 0 Å². The molecule has 7 nitrogen and oxygen atoms in total. The third kappa shape index (κ3) is 3.41. The molecule has 8 heteroatoms. The van der Waals surface area contributed by atoms with Crippen LogP contribution >= 0.6 is 0 Å². The average molecular weight is 399 g/mol. The van der Waals surface area contributed by atoms with E-state index in [1.165, 1.54) is 19.2 Å². The number of ether oxygens (including phenoxy) is 1. The van der Waals surface area contributed by atoms with Gasteiger partial charge in [-0.3, -0.25) is 0 Å². The van der Waals surface area contributed by atoms with Crippen molar-refractivity contribution in [1.29, 1.82) is 0 Å². The maximum Gasteiger partial charge on any atom is 0.227 e. The van der Waals surface area contributed by atoms with Gasteiger partial charge < -0.3 is 14.7 Å². The molecular formula is C20H21N3O4S. The van der Waals surface area contributed by atoms with Crippen LogP contribution in [0.5, 0.6) is 5.75 Å². The molecule has 1 aliphatic rings. The predicted octanol–water partition coefficient (Wildman–Crippen LogP) is 2.43. The SMILES string of the molecule is COc1ccc(S(=O)(=O)c2nc3ccccc3nc2N2CCC(O)CC2)cc1. The molecule has 1 aliphatic heterocycles. The quantitative estimate of drug-likeness (QED) is 0.720. The van der Waals surface area contributed by atoms with Gasteiger partial charge in [-0.1, -0.05) is 12.1 Å². The van der Waals surface area contributed by atoms with Crippen molar-refractivity contribution in [3.63, 3.8) is 0 Å². The molecule has 28 heavy (non-hydrogen) atoms. The second kappa shape index (κ2) is 7.37. The Hall–Kier alpha value is -2.71. The summed E-state index contributed by atoms with van der Waals surface area (Å²) in [4.78, 5) is 11.1. The Labute approximate surface area is 163 Å². The first-order valence-corrected chi connectivity index (χ1v) is 10.6. The van der Waals surface area contributed by atoms with Crippen molar-refractivity contribution in [2.45, 2.75) is 28.9 Å². The van der Waals surface area contributed by atoms with E-state index in [1.54, 1.807) is 24.3 Å². The Morgan fingerprint density at radius 3 is 2.21 bits per heavy atom. The monoisotopic (exact) mass is 399 g/mol. The van der Waals surface area contributed by atoms with Crippen LogP contribution in [0.1, 0.15) is 12.8 Å². The molecule has 1 saturated heterocycles. The van der Waals surface area contributed by atoms with Crippen LogP contribution in [0.2, 0.25) is 0 Å². The lowest BCUT2D eigenvalue weighted by atomic mass is 10.1. The molecule has 3 aromatic rings. The summed E-state index contributed by atoms with van der Waals surface area (Å²) in [5, 5.41) is 9.75. The lowest BCUT2D eigenvalue weighted by Crippen LogP contribution is -2.37. The van der Waals surface area contributed by atoms with Crippen LogP contribution in [0.4, 0.5) is 5.82 Å².